The van der Waals surface area contributed by atoms with Crippen molar-refractivity contribution >= 4 is 6.29 Å². The SMILES string of the molecule is CC(CO)CCC=O. The zero-order chi connectivity index (χ0) is 6.41. The van der Waals surface area contributed by atoms with Crippen molar-refractivity contribution in [2.24, 2.45) is 5.92 Å². The largest absolute Gasteiger partial charge is 0.396 e. The van der Waals surface area contributed by atoms with Crippen molar-refractivity contribution in [3.8, 4) is 0 Å². The maximum atomic E-state index is 9.74. The van der Waals surface area contributed by atoms with Crippen molar-refractivity contribution in [2.45, 2.75) is 19.8 Å². The van der Waals surface area contributed by atoms with Gasteiger partial charge in [-0.05, 0) is 12.3 Å². The molecule has 48 valence electrons. The van der Waals surface area contributed by atoms with Crippen molar-refractivity contribution < 1.29 is 9.90 Å². The van der Waals surface area contributed by atoms with Crippen molar-refractivity contribution in [3.63, 3.8) is 0 Å². The van der Waals surface area contributed by atoms with Crippen LogP contribution in [0.2, 0.25) is 0 Å². The zero-order valence-electron chi connectivity index (χ0n) is 5.13. The van der Waals surface area contributed by atoms with Crippen LogP contribution in [0.25, 0.3) is 0 Å². The Morgan fingerprint density at radius 3 is 2.75 bits per heavy atom. The Balaban J connectivity index is 2.97. The quantitative estimate of drug-likeness (QED) is 0.546. The molecule has 2 heteroatoms. The van der Waals surface area contributed by atoms with Gasteiger partial charge in [-0.25, -0.2) is 0 Å². The highest BCUT2D eigenvalue weighted by atomic mass is 16.3. The van der Waals surface area contributed by atoms with Crippen LogP contribution in [0.1, 0.15) is 19.8 Å². The Morgan fingerprint density at radius 2 is 2.38 bits per heavy atom. The van der Waals surface area contributed by atoms with E-state index < -0.39 is 0 Å². The van der Waals surface area contributed by atoms with Gasteiger partial charge in [0.25, 0.3) is 0 Å². The van der Waals surface area contributed by atoms with Crippen molar-refractivity contribution in [1.29, 1.82) is 0 Å². The fourth-order valence-electron chi connectivity index (χ4n) is 0.444. The van der Waals surface area contributed by atoms with Crippen LogP contribution >= 0.6 is 0 Å². The third-order valence-corrected chi connectivity index (χ3v) is 1.09. The van der Waals surface area contributed by atoms with Crippen LogP contribution < -0.4 is 0 Å². The first kappa shape index (κ1) is 7.63. The summed E-state index contributed by atoms with van der Waals surface area (Å²) in [6.45, 7) is 2.11. The maximum Gasteiger partial charge on any atom is 0.120 e. The fraction of sp³-hybridized carbons (Fsp3) is 0.833. The standard InChI is InChI=1S/C6H12O2/c1-6(5-8)3-2-4-7/h4,6,8H,2-3,5H2,1H3. The molecule has 0 aromatic rings. The van der Waals surface area contributed by atoms with Crippen LogP contribution in [0.3, 0.4) is 0 Å². The second-order valence-electron chi connectivity index (χ2n) is 2.03. The van der Waals surface area contributed by atoms with E-state index in [0.29, 0.717) is 6.42 Å². The lowest BCUT2D eigenvalue weighted by Gasteiger charge is -2.01. The van der Waals surface area contributed by atoms with Gasteiger partial charge in [0, 0.05) is 13.0 Å². The number of aldehydes is 1. The van der Waals surface area contributed by atoms with E-state index in [0.717, 1.165) is 12.7 Å². The third-order valence-electron chi connectivity index (χ3n) is 1.09. The molecular formula is C6H12O2. The van der Waals surface area contributed by atoms with Gasteiger partial charge in [0.1, 0.15) is 6.29 Å². The average Bonchev–Trinajstić information content (AvgIpc) is 1.83. The number of carbonyl (C=O) groups excluding carboxylic acids is 1. The summed E-state index contributed by atoms with van der Waals surface area (Å²) in [5.74, 6) is 0.278. The summed E-state index contributed by atoms with van der Waals surface area (Å²) in [6.07, 6.45) is 2.26. The van der Waals surface area contributed by atoms with Gasteiger partial charge in [0.2, 0.25) is 0 Å². The molecule has 0 aliphatic rings. The molecule has 2 nitrogen and oxygen atoms in total. The van der Waals surface area contributed by atoms with Crippen LogP contribution in [0.15, 0.2) is 0 Å². The first-order chi connectivity index (χ1) is 3.81. The van der Waals surface area contributed by atoms with E-state index in [4.69, 9.17) is 5.11 Å². The second-order valence-corrected chi connectivity index (χ2v) is 2.03. The maximum absolute atomic E-state index is 9.74. The van der Waals surface area contributed by atoms with Crippen LogP contribution in [0.4, 0.5) is 0 Å². The smallest absolute Gasteiger partial charge is 0.120 e. The summed E-state index contributed by atoms with van der Waals surface area (Å²) >= 11 is 0. The second kappa shape index (κ2) is 4.78. The third kappa shape index (κ3) is 3.81. The first-order valence-corrected chi connectivity index (χ1v) is 2.85. The van der Waals surface area contributed by atoms with Crippen LogP contribution in [-0.2, 0) is 4.79 Å². The predicted octanol–water partition coefficient (Wildman–Crippen LogP) is 0.594. The minimum absolute atomic E-state index is 0.188. The highest BCUT2D eigenvalue weighted by molar-refractivity contribution is 5.49. The summed E-state index contributed by atoms with van der Waals surface area (Å²) in [4.78, 5) is 9.74. The van der Waals surface area contributed by atoms with E-state index in [-0.39, 0.29) is 12.5 Å². The topological polar surface area (TPSA) is 37.3 Å². The molecule has 0 saturated carbocycles. The monoisotopic (exact) mass is 116 g/mol. The van der Waals surface area contributed by atoms with E-state index in [1.54, 1.807) is 0 Å². The summed E-state index contributed by atoms with van der Waals surface area (Å²) in [7, 11) is 0. The zero-order valence-corrected chi connectivity index (χ0v) is 5.13. The van der Waals surface area contributed by atoms with E-state index in [2.05, 4.69) is 0 Å². The van der Waals surface area contributed by atoms with E-state index in [1.165, 1.54) is 0 Å². The minimum atomic E-state index is 0.188. The van der Waals surface area contributed by atoms with Crippen molar-refractivity contribution in [1.82, 2.24) is 0 Å². The Morgan fingerprint density at radius 1 is 1.75 bits per heavy atom. The normalized spacial score (nSPS) is 13.2. The van der Waals surface area contributed by atoms with E-state index >= 15 is 0 Å². The fourth-order valence-corrected chi connectivity index (χ4v) is 0.444. The molecule has 0 spiro atoms. The molecule has 0 amide bonds. The van der Waals surface area contributed by atoms with Gasteiger partial charge in [-0.2, -0.15) is 0 Å². The van der Waals surface area contributed by atoms with Gasteiger partial charge in [-0.15, -0.1) is 0 Å². The van der Waals surface area contributed by atoms with Gasteiger partial charge < -0.3 is 9.90 Å². The van der Waals surface area contributed by atoms with Crippen LogP contribution in [0, 0.1) is 5.92 Å². The lowest BCUT2D eigenvalue weighted by Crippen LogP contribution is -1.99. The van der Waals surface area contributed by atoms with Gasteiger partial charge in [0.05, 0.1) is 0 Å². The lowest BCUT2D eigenvalue weighted by molar-refractivity contribution is -0.108. The number of carbonyl (C=O) groups is 1. The van der Waals surface area contributed by atoms with E-state index in [9.17, 15) is 4.79 Å². The molecule has 0 saturated heterocycles. The molecular weight excluding hydrogens is 104 g/mol. The summed E-state index contributed by atoms with van der Waals surface area (Å²) in [5.41, 5.74) is 0. The Kier molecular flexibility index (Phi) is 4.56. The molecule has 0 rings (SSSR count). The number of rotatable bonds is 4. The number of hydrogen-bond acceptors (Lipinski definition) is 2. The summed E-state index contributed by atoms with van der Waals surface area (Å²) in [5, 5.41) is 8.45. The average molecular weight is 116 g/mol. The first-order valence-electron chi connectivity index (χ1n) is 2.85. The van der Waals surface area contributed by atoms with Crippen LogP contribution in [0.5, 0.6) is 0 Å². The number of aliphatic hydroxyl groups excluding tert-OH is 1. The molecule has 0 heterocycles. The van der Waals surface area contributed by atoms with Gasteiger partial charge in [-0.1, -0.05) is 6.92 Å². The molecule has 0 radical (unpaired) electrons. The highest BCUT2D eigenvalue weighted by Crippen LogP contribution is 2.00. The predicted molar refractivity (Wildman–Crippen MR) is 31.5 cm³/mol. The molecule has 0 aromatic carbocycles. The molecule has 8 heavy (non-hydrogen) atoms. The summed E-state index contributed by atoms with van der Waals surface area (Å²) in [6, 6.07) is 0. The Bertz CT molecular complexity index is 61.5. The number of hydrogen-bond donors (Lipinski definition) is 1. The molecule has 0 fully saturated rings. The van der Waals surface area contributed by atoms with Crippen molar-refractivity contribution in [2.75, 3.05) is 6.61 Å². The lowest BCUT2D eigenvalue weighted by atomic mass is 10.1. The van der Waals surface area contributed by atoms with Crippen molar-refractivity contribution in [3.05, 3.63) is 0 Å². The van der Waals surface area contributed by atoms with Gasteiger partial charge in [-0.3, -0.25) is 0 Å². The van der Waals surface area contributed by atoms with Crippen LogP contribution in [-0.4, -0.2) is 18.0 Å². The summed E-state index contributed by atoms with van der Waals surface area (Å²) < 4.78 is 0. The highest BCUT2D eigenvalue weighted by Gasteiger charge is 1.96. The van der Waals surface area contributed by atoms with Gasteiger partial charge >= 0.3 is 0 Å². The molecule has 0 aromatic heterocycles. The molecule has 0 aliphatic heterocycles. The molecule has 1 N–H and O–H groups in total. The number of aliphatic hydroxyl groups is 1. The minimum Gasteiger partial charge on any atom is -0.396 e. The Hall–Kier alpha value is -0.370. The van der Waals surface area contributed by atoms with Gasteiger partial charge in [0.15, 0.2) is 0 Å². The molecule has 1 atom stereocenters. The molecule has 1 unspecified atom stereocenters. The molecule has 0 aliphatic carbocycles. The van der Waals surface area contributed by atoms with E-state index in [1.807, 2.05) is 6.92 Å². The Labute approximate surface area is 49.5 Å². The molecule has 0 bridgehead atoms.